The van der Waals surface area contributed by atoms with Crippen molar-refractivity contribution in [3.8, 4) is 0 Å². The monoisotopic (exact) mass is 283 g/mol. The van der Waals surface area contributed by atoms with E-state index in [1.807, 2.05) is 6.92 Å². The number of ether oxygens (including phenoxy) is 2. The number of aromatic nitrogens is 1. The van der Waals surface area contributed by atoms with Gasteiger partial charge in [-0.3, -0.25) is 4.90 Å². The van der Waals surface area contributed by atoms with Crippen molar-refractivity contribution in [2.24, 2.45) is 0 Å². The van der Waals surface area contributed by atoms with Gasteiger partial charge in [-0.25, -0.2) is 4.79 Å². The van der Waals surface area contributed by atoms with E-state index in [0.29, 0.717) is 12.6 Å². The summed E-state index contributed by atoms with van der Waals surface area (Å²) in [7, 11) is 0. The van der Waals surface area contributed by atoms with Gasteiger partial charge in [0.25, 0.3) is 6.01 Å². The minimum absolute atomic E-state index is 0.168. The molecule has 0 spiro atoms. The molecule has 112 valence electrons. The third-order valence-corrected chi connectivity index (χ3v) is 2.99. The summed E-state index contributed by atoms with van der Waals surface area (Å²) in [5.41, 5.74) is 0.188. The first kappa shape index (κ1) is 14.8. The summed E-state index contributed by atoms with van der Waals surface area (Å²) in [6.07, 6.45) is 1.31. The van der Waals surface area contributed by atoms with Crippen LogP contribution in [0.4, 0.5) is 6.01 Å². The second-order valence-electron chi connectivity index (χ2n) is 4.72. The second-order valence-corrected chi connectivity index (χ2v) is 4.72. The van der Waals surface area contributed by atoms with Crippen molar-refractivity contribution in [1.29, 1.82) is 0 Å². The molecule has 0 saturated carbocycles. The van der Waals surface area contributed by atoms with Gasteiger partial charge in [0.05, 0.1) is 19.8 Å². The highest BCUT2D eigenvalue weighted by molar-refractivity contribution is 5.87. The zero-order valence-corrected chi connectivity index (χ0v) is 11.9. The predicted molar refractivity (Wildman–Crippen MR) is 72.8 cm³/mol. The molecule has 7 heteroatoms. The average Bonchev–Trinajstić information content (AvgIpc) is 2.88. The minimum atomic E-state index is -0.467. The topological polar surface area (TPSA) is 76.8 Å². The molecule has 1 aliphatic heterocycles. The molecule has 0 amide bonds. The van der Waals surface area contributed by atoms with E-state index < -0.39 is 5.97 Å². The van der Waals surface area contributed by atoms with Crippen molar-refractivity contribution < 1.29 is 18.7 Å². The Morgan fingerprint density at radius 2 is 2.30 bits per heavy atom. The summed E-state index contributed by atoms with van der Waals surface area (Å²) in [6, 6.07) is 0.510. The molecule has 7 nitrogen and oxygen atoms in total. The van der Waals surface area contributed by atoms with E-state index in [1.54, 1.807) is 6.92 Å². The maximum Gasteiger partial charge on any atom is 0.360 e. The second kappa shape index (κ2) is 7.25. The van der Waals surface area contributed by atoms with Crippen molar-refractivity contribution in [1.82, 2.24) is 9.88 Å². The van der Waals surface area contributed by atoms with Gasteiger partial charge in [0.2, 0.25) is 0 Å². The Morgan fingerprint density at radius 1 is 1.55 bits per heavy atom. The Morgan fingerprint density at radius 3 is 3.00 bits per heavy atom. The summed E-state index contributed by atoms with van der Waals surface area (Å²) in [5, 5.41) is 3.14. The summed E-state index contributed by atoms with van der Waals surface area (Å²) in [4.78, 5) is 17.8. The first-order valence-corrected chi connectivity index (χ1v) is 6.88. The Hall–Kier alpha value is -1.60. The number of nitrogens with zero attached hydrogens (tertiary/aromatic N) is 2. The van der Waals surface area contributed by atoms with Crippen LogP contribution in [-0.4, -0.2) is 61.3 Å². The lowest BCUT2D eigenvalue weighted by atomic mass is 10.3. The fourth-order valence-electron chi connectivity index (χ4n) is 2.07. The molecule has 1 aromatic heterocycles. The lowest BCUT2D eigenvalue weighted by Crippen LogP contribution is -2.42. The van der Waals surface area contributed by atoms with Crippen LogP contribution >= 0.6 is 0 Å². The maximum atomic E-state index is 11.5. The molecule has 1 N–H and O–H groups in total. The van der Waals surface area contributed by atoms with Crippen molar-refractivity contribution in [3.05, 3.63) is 12.0 Å². The number of hydrogen-bond acceptors (Lipinski definition) is 7. The molecule has 1 unspecified atom stereocenters. The lowest BCUT2D eigenvalue weighted by Gasteiger charge is -2.29. The number of oxazole rings is 1. The van der Waals surface area contributed by atoms with E-state index in [9.17, 15) is 4.79 Å². The summed E-state index contributed by atoms with van der Waals surface area (Å²) >= 11 is 0. The smallest absolute Gasteiger partial charge is 0.360 e. The van der Waals surface area contributed by atoms with E-state index in [0.717, 1.165) is 32.8 Å². The standard InChI is InChI=1S/C13H21N3O4/c1-3-19-12(17)11-9-20-13(15-11)14-10(2)8-16-4-6-18-7-5-16/h9-10H,3-8H2,1-2H3,(H,14,15). The van der Waals surface area contributed by atoms with Gasteiger partial charge in [-0.1, -0.05) is 0 Å². The molecule has 1 atom stereocenters. The third-order valence-electron chi connectivity index (χ3n) is 2.99. The van der Waals surface area contributed by atoms with E-state index in [4.69, 9.17) is 13.9 Å². The molecule has 2 rings (SSSR count). The van der Waals surface area contributed by atoms with Crippen LogP contribution in [0.15, 0.2) is 10.7 Å². The Kier molecular flexibility index (Phi) is 5.37. The van der Waals surface area contributed by atoms with Crippen molar-refractivity contribution in [3.63, 3.8) is 0 Å². The molecule has 1 fully saturated rings. The van der Waals surface area contributed by atoms with Crippen molar-refractivity contribution in [2.45, 2.75) is 19.9 Å². The molecule has 0 bridgehead atoms. The van der Waals surface area contributed by atoms with Crippen molar-refractivity contribution >= 4 is 12.0 Å². The Balaban J connectivity index is 1.81. The molecule has 2 heterocycles. The molecule has 0 aliphatic carbocycles. The van der Waals surface area contributed by atoms with E-state index in [1.165, 1.54) is 6.26 Å². The number of hydrogen-bond donors (Lipinski definition) is 1. The van der Waals surface area contributed by atoms with Crippen LogP contribution in [0.2, 0.25) is 0 Å². The molecule has 0 aromatic carbocycles. The Bertz CT molecular complexity index is 429. The van der Waals surface area contributed by atoms with Crippen LogP contribution in [0.3, 0.4) is 0 Å². The first-order valence-electron chi connectivity index (χ1n) is 6.88. The average molecular weight is 283 g/mol. The highest BCUT2D eigenvalue weighted by Gasteiger charge is 2.17. The lowest BCUT2D eigenvalue weighted by molar-refractivity contribution is 0.0367. The zero-order valence-electron chi connectivity index (χ0n) is 11.9. The molecular weight excluding hydrogens is 262 g/mol. The van der Waals surface area contributed by atoms with Crippen LogP contribution in [0.25, 0.3) is 0 Å². The van der Waals surface area contributed by atoms with Crippen LogP contribution < -0.4 is 5.32 Å². The third kappa shape index (κ3) is 4.21. The van der Waals surface area contributed by atoms with Gasteiger partial charge >= 0.3 is 5.97 Å². The van der Waals surface area contributed by atoms with Gasteiger partial charge in [-0.05, 0) is 13.8 Å². The van der Waals surface area contributed by atoms with Gasteiger partial charge in [-0.2, -0.15) is 4.98 Å². The maximum absolute atomic E-state index is 11.5. The van der Waals surface area contributed by atoms with Crippen LogP contribution in [0, 0.1) is 0 Å². The van der Waals surface area contributed by atoms with Gasteiger partial charge < -0.3 is 19.2 Å². The number of carbonyl (C=O) groups excluding carboxylic acids is 1. The number of morpholine rings is 1. The van der Waals surface area contributed by atoms with Crippen LogP contribution in [0.5, 0.6) is 0 Å². The van der Waals surface area contributed by atoms with Crippen LogP contribution in [0.1, 0.15) is 24.3 Å². The largest absolute Gasteiger partial charge is 0.461 e. The highest BCUT2D eigenvalue weighted by Crippen LogP contribution is 2.10. The van der Waals surface area contributed by atoms with E-state index in [-0.39, 0.29) is 11.7 Å². The number of esters is 1. The fourth-order valence-corrected chi connectivity index (χ4v) is 2.07. The van der Waals surface area contributed by atoms with Gasteiger partial charge in [0.15, 0.2) is 5.69 Å². The molecule has 1 aliphatic rings. The van der Waals surface area contributed by atoms with Gasteiger partial charge in [0.1, 0.15) is 6.26 Å². The van der Waals surface area contributed by atoms with Gasteiger partial charge in [0, 0.05) is 25.7 Å². The molecule has 1 saturated heterocycles. The van der Waals surface area contributed by atoms with E-state index >= 15 is 0 Å². The quantitative estimate of drug-likeness (QED) is 0.780. The van der Waals surface area contributed by atoms with Crippen LogP contribution in [-0.2, 0) is 9.47 Å². The fraction of sp³-hybridized carbons (Fsp3) is 0.692. The first-order chi connectivity index (χ1) is 9.69. The molecule has 20 heavy (non-hydrogen) atoms. The molecule has 0 radical (unpaired) electrons. The zero-order chi connectivity index (χ0) is 14.4. The predicted octanol–water partition coefficient (Wildman–Crippen LogP) is 0.984. The normalized spacial score (nSPS) is 17.7. The highest BCUT2D eigenvalue weighted by atomic mass is 16.5. The number of anilines is 1. The molecule has 1 aromatic rings. The van der Waals surface area contributed by atoms with Gasteiger partial charge in [-0.15, -0.1) is 0 Å². The summed E-state index contributed by atoms with van der Waals surface area (Å²) < 4.78 is 15.4. The number of carbonyl (C=O) groups is 1. The summed E-state index contributed by atoms with van der Waals surface area (Å²) in [5.74, 6) is -0.467. The van der Waals surface area contributed by atoms with Crippen molar-refractivity contribution in [2.75, 3.05) is 44.8 Å². The Labute approximate surface area is 118 Å². The molecular formula is C13H21N3O4. The van der Waals surface area contributed by atoms with E-state index in [2.05, 4.69) is 15.2 Å². The number of rotatable bonds is 6. The minimum Gasteiger partial charge on any atom is -0.461 e. The summed E-state index contributed by atoms with van der Waals surface area (Å²) in [6.45, 7) is 8.42. The number of nitrogens with one attached hydrogen (secondary N) is 1. The SMILES string of the molecule is CCOC(=O)c1coc(NC(C)CN2CCOCC2)n1.